The number of hydrogen-bond acceptors (Lipinski definition) is 0. The molecule has 0 fully saturated rings. The molecule has 0 unspecified atom stereocenters. The third-order valence-electron chi connectivity index (χ3n) is 15.5. The molecular formula is C60H32BN3. The summed E-state index contributed by atoms with van der Waals surface area (Å²) in [5.74, 6) is 0. The van der Waals surface area contributed by atoms with Crippen molar-refractivity contribution in [3.8, 4) is 17.1 Å². The zero-order valence-electron chi connectivity index (χ0n) is 34.4. The van der Waals surface area contributed by atoms with E-state index in [2.05, 4.69) is 208 Å². The van der Waals surface area contributed by atoms with Crippen molar-refractivity contribution >= 4 is 142 Å². The molecule has 12 aromatic carbocycles. The zero-order chi connectivity index (χ0) is 41.1. The molecule has 4 heteroatoms. The molecule has 0 radical (unpaired) electrons. The zero-order valence-corrected chi connectivity index (χ0v) is 34.4. The van der Waals surface area contributed by atoms with Crippen molar-refractivity contribution in [2.45, 2.75) is 0 Å². The Labute approximate surface area is 365 Å². The van der Waals surface area contributed by atoms with Crippen LogP contribution < -0.4 is 16.4 Å². The standard InChI is InChI=1S/C60H32BN3/c1-3-21-40-34(15-1)44-31-33(62-48-27-9-5-17-36(48)37-18-6-10-28-49(37)62)32-45-35-16-2-4-22-41(35)54-55(52(44)45)53(40)59-56-60(54)64-51-30-12-8-20-39(51)43-24-14-26-47(58(43)64)61(56)46-25-13-23-42-38-19-7-11-29-50(38)63(59)57(42)46/h1-32H. The van der Waals surface area contributed by atoms with Crippen LogP contribution in [0.25, 0.3) is 136 Å². The van der Waals surface area contributed by atoms with Crippen LogP contribution in [0, 0.1) is 0 Å². The van der Waals surface area contributed by atoms with Crippen LogP contribution in [0.2, 0.25) is 0 Å². The Morgan fingerprint density at radius 2 is 0.625 bits per heavy atom. The topological polar surface area (TPSA) is 14.8 Å². The number of aromatic nitrogens is 3. The van der Waals surface area contributed by atoms with Crippen LogP contribution in [0.1, 0.15) is 0 Å². The van der Waals surface area contributed by atoms with E-state index < -0.39 is 0 Å². The SMILES string of the molecule is c1ccc2c(c1)c1cc(-n3c4ccccc4c4ccccc43)cc3c4ccccc4c4c5c6c(c2c4c13)-n1c2ccccc2c2cccc(c21)B6c1cccc2c3ccccc3n-5c12. The number of hydrogen-bond donors (Lipinski definition) is 0. The first-order chi connectivity index (χ1) is 31.8. The molecule has 3 aromatic heterocycles. The van der Waals surface area contributed by atoms with Crippen LogP contribution in [0.15, 0.2) is 194 Å². The van der Waals surface area contributed by atoms with Crippen molar-refractivity contribution in [3.63, 3.8) is 0 Å². The van der Waals surface area contributed by atoms with E-state index in [0.29, 0.717) is 0 Å². The molecular weight excluding hydrogens is 773 g/mol. The second-order valence-corrected chi connectivity index (χ2v) is 18.2. The smallest absolute Gasteiger partial charge is 0.252 e. The highest BCUT2D eigenvalue weighted by Gasteiger charge is 2.43. The van der Waals surface area contributed by atoms with E-state index in [4.69, 9.17) is 0 Å². The van der Waals surface area contributed by atoms with Crippen LogP contribution >= 0.6 is 0 Å². The normalized spacial score (nSPS) is 13.3. The van der Waals surface area contributed by atoms with Crippen molar-refractivity contribution in [2.24, 2.45) is 0 Å². The first-order valence-corrected chi connectivity index (χ1v) is 22.5. The Morgan fingerprint density at radius 3 is 1.08 bits per heavy atom. The summed E-state index contributed by atoms with van der Waals surface area (Å²) < 4.78 is 7.85. The lowest BCUT2D eigenvalue weighted by atomic mass is 9.34. The summed E-state index contributed by atoms with van der Waals surface area (Å²) in [5, 5.41) is 20.8. The van der Waals surface area contributed by atoms with Crippen LogP contribution in [0.5, 0.6) is 0 Å². The van der Waals surface area contributed by atoms with Gasteiger partial charge < -0.3 is 13.7 Å². The van der Waals surface area contributed by atoms with Crippen LogP contribution in [0.4, 0.5) is 0 Å². The minimum Gasteiger partial charge on any atom is -0.310 e. The predicted molar refractivity (Wildman–Crippen MR) is 273 cm³/mol. The van der Waals surface area contributed by atoms with Gasteiger partial charge in [0.2, 0.25) is 0 Å². The molecule has 290 valence electrons. The number of para-hydroxylation sites is 6. The van der Waals surface area contributed by atoms with E-state index in [-0.39, 0.29) is 6.71 Å². The van der Waals surface area contributed by atoms with Gasteiger partial charge in [0.25, 0.3) is 6.71 Å². The maximum atomic E-state index is 2.68. The van der Waals surface area contributed by atoms with Crippen molar-refractivity contribution < 1.29 is 0 Å². The minimum absolute atomic E-state index is 0.0346. The molecule has 2 aliphatic rings. The molecule has 15 aromatic rings. The highest BCUT2D eigenvalue weighted by atomic mass is 15.0. The van der Waals surface area contributed by atoms with E-state index in [9.17, 15) is 0 Å². The van der Waals surface area contributed by atoms with Crippen molar-refractivity contribution in [2.75, 3.05) is 0 Å². The lowest BCUT2D eigenvalue weighted by Gasteiger charge is -2.36. The summed E-state index contributed by atoms with van der Waals surface area (Å²) in [6, 6.07) is 73.7. The van der Waals surface area contributed by atoms with E-state index in [1.165, 1.54) is 153 Å². The van der Waals surface area contributed by atoms with Gasteiger partial charge in [-0.05, 0) is 90.5 Å². The Hall–Kier alpha value is -8.34. The van der Waals surface area contributed by atoms with Gasteiger partial charge in [-0.15, -0.1) is 0 Å². The minimum atomic E-state index is 0.0346. The fourth-order valence-electron chi connectivity index (χ4n) is 13.3. The fraction of sp³-hybridized carbons (Fsp3) is 0. The van der Waals surface area contributed by atoms with Crippen LogP contribution in [-0.4, -0.2) is 20.4 Å². The van der Waals surface area contributed by atoms with Gasteiger partial charge in [0.15, 0.2) is 0 Å². The van der Waals surface area contributed by atoms with Crippen LogP contribution in [-0.2, 0) is 0 Å². The van der Waals surface area contributed by atoms with Gasteiger partial charge in [0, 0.05) is 65.2 Å². The summed E-state index contributed by atoms with van der Waals surface area (Å²) in [7, 11) is 0. The maximum Gasteiger partial charge on any atom is 0.252 e. The van der Waals surface area contributed by atoms with Gasteiger partial charge in [0.1, 0.15) is 0 Å². The number of benzene rings is 12. The van der Waals surface area contributed by atoms with Crippen molar-refractivity contribution in [1.82, 2.24) is 13.7 Å². The molecule has 3 nitrogen and oxygen atoms in total. The van der Waals surface area contributed by atoms with Crippen molar-refractivity contribution in [3.05, 3.63) is 194 Å². The molecule has 64 heavy (non-hydrogen) atoms. The third kappa shape index (κ3) is 3.52. The average molecular weight is 806 g/mol. The Kier molecular flexibility index (Phi) is 5.56. The van der Waals surface area contributed by atoms with Gasteiger partial charge in [-0.25, -0.2) is 0 Å². The second kappa shape index (κ2) is 11.0. The number of fused-ring (bicyclic) bond motifs is 21. The Morgan fingerprint density at radius 1 is 0.266 bits per heavy atom. The monoisotopic (exact) mass is 805 g/mol. The lowest BCUT2D eigenvalue weighted by Crippen LogP contribution is -2.59. The first-order valence-electron chi connectivity index (χ1n) is 22.5. The molecule has 0 atom stereocenters. The molecule has 2 aliphatic heterocycles. The molecule has 0 saturated heterocycles. The summed E-state index contributed by atoms with van der Waals surface area (Å²) in [4.78, 5) is 0. The largest absolute Gasteiger partial charge is 0.310 e. The fourth-order valence-corrected chi connectivity index (χ4v) is 13.3. The number of nitrogens with zero attached hydrogens (tertiary/aromatic N) is 3. The van der Waals surface area contributed by atoms with Crippen molar-refractivity contribution in [1.29, 1.82) is 0 Å². The van der Waals surface area contributed by atoms with Gasteiger partial charge >= 0.3 is 0 Å². The highest BCUT2D eigenvalue weighted by molar-refractivity contribution is 7.01. The molecule has 5 heterocycles. The molecule has 0 amide bonds. The van der Waals surface area contributed by atoms with Gasteiger partial charge in [-0.1, -0.05) is 158 Å². The molecule has 0 aliphatic carbocycles. The van der Waals surface area contributed by atoms with Crippen LogP contribution in [0.3, 0.4) is 0 Å². The summed E-state index contributed by atoms with van der Waals surface area (Å²) in [5.41, 5.74) is 15.6. The Balaban J connectivity index is 1.20. The predicted octanol–water partition coefficient (Wildman–Crippen LogP) is 13.3. The quantitative estimate of drug-likeness (QED) is 0.0892. The molecule has 0 spiro atoms. The van der Waals surface area contributed by atoms with Gasteiger partial charge in [0.05, 0.1) is 33.4 Å². The van der Waals surface area contributed by atoms with E-state index in [1.807, 2.05) is 0 Å². The first kappa shape index (κ1) is 32.4. The van der Waals surface area contributed by atoms with E-state index in [1.54, 1.807) is 0 Å². The molecule has 0 bridgehead atoms. The number of rotatable bonds is 1. The van der Waals surface area contributed by atoms with E-state index >= 15 is 0 Å². The maximum absolute atomic E-state index is 2.68. The summed E-state index contributed by atoms with van der Waals surface area (Å²) >= 11 is 0. The molecule has 0 saturated carbocycles. The molecule has 0 N–H and O–H groups in total. The van der Waals surface area contributed by atoms with Gasteiger partial charge in [-0.2, -0.15) is 0 Å². The summed E-state index contributed by atoms with van der Waals surface area (Å²) in [6.07, 6.45) is 0. The average Bonchev–Trinajstić information content (AvgIpc) is 4.00. The van der Waals surface area contributed by atoms with E-state index in [0.717, 1.165) is 0 Å². The molecule has 17 rings (SSSR count). The third-order valence-corrected chi connectivity index (χ3v) is 15.5. The lowest BCUT2D eigenvalue weighted by molar-refractivity contribution is 1.17. The highest BCUT2D eigenvalue weighted by Crippen LogP contribution is 2.52. The Bertz CT molecular complexity index is 4390. The van der Waals surface area contributed by atoms with Gasteiger partial charge in [-0.3, -0.25) is 0 Å². The summed E-state index contributed by atoms with van der Waals surface area (Å²) in [6.45, 7) is 0.0346. The second-order valence-electron chi connectivity index (χ2n) is 18.2.